The van der Waals surface area contributed by atoms with Gasteiger partial charge in [-0.1, -0.05) is 17.7 Å². The molecule has 0 heterocycles. The maximum absolute atomic E-state index is 11.0. The molecule has 0 spiro atoms. The molecule has 0 amide bonds. The molecule has 20 heavy (non-hydrogen) atoms. The van der Waals surface area contributed by atoms with E-state index in [1.54, 1.807) is 12.1 Å². The molecule has 1 rings (SSSR count). The summed E-state index contributed by atoms with van der Waals surface area (Å²) in [5.74, 6) is 0.0729. The van der Waals surface area contributed by atoms with E-state index in [0.29, 0.717) is 0 Å². The molecule has 0 fully saturated rings. The number of alkyl halides is 1. The number of nitrogens with zero attached hydrogens (tertiary/aromatic N) is 1. The van der Waals surface area contributed by atoms with Crippen LogP contribution in [-0.2, 0) is 10.0 Å². The van der Waals surface area contributed by atoms with Crippen LogP contribution in [-0.4, -0.2) is 36.7 Å². The number of aliphatic hydroxyl groups excluding tert-OH is 1. The molecule has 2 N–H and O–H groups in total. The first kappa shape index (κ1) is 22.9. The first-order valence-corrected chi connectivity index (χ1v) is 7.54. The van der Waals surface area contributed by atoms with Crippen LogP contribution < -0.4 is 29.6 Å². The molecule has 0 saturated heterocycles. The van der Waals surface area contributed by atoms with Crippen LogP contribution in [0.2, 0.25) is 0 Å². The zero-order valence-corrected chi connectivity index (χ0v) is 15.9. The van der Waals surface area contributed by atoms with Gasteiger partial charge in [0, 0.05) is 4.90 Å². The van der Waals surface area contributed by atoms with Crippen molar-refractivity contribution >= 4 is 33.4 Å². The van der Waals surface area contributed by atoms with E-state index in [0.717, 1.165) is 5.56 Å². The van der Waals surface area contributed by atoms with E-state index in [9.17, 15) is 8.42 Å². The van der Waals surface area contributed by atoms with Crippen molar-refractivity contribution in [2.75, 3.05) is 12.5 Å². The first-order valence-electron chi connectivity index (χ1n) is 5.22. The van der Waals surface area contributed by atoms with Crippen LogP contribution in [0.25, 0.3) is 4.24 Å². The maximum Gasteiger partial charge on any atom is 1.00 e. The number of aliphatic hydroxyl groups is 2. The smallest absolute Gasteiger partial charge is 0.458 e. The van der Waals surface area contributed by atoms with Gasteiger partial charge in [0.2, 0.25) is 0 Å². The Labute approximate surface area is 151 Å². The van der Waals surface area contributed by atoms with Gasteiger partial charge in [-0.3, -0.25) is 11.8 Å². The van der Waals surface area contributed by atoms with E-state index in [-0.39, 0.29) is 46.9 Å². The summed E-state index contributed by atoms with van der Waals surface area (Å²) in [4.78, 5) is 0.114. The molecule has 9 heteroatoms. The molecular formula is C11H16Cl2NNaO4S. The number of sulfonamides is 1. The predicted octanol–water partition coefficient (Wildman–Crippen LogP) is -0.816. The van der Waals surface area contributed by atoms with Crippen LogP contribution in [0.5, 0.6) is 0 Å². The Bertz CT molecular complexity index is 474. The average Bonchev–Trinajstić information content (AvgIpc) is 2.40. The van der Waals surface area contributed by atoms with Crippen LogP contribution in [0.1, 0.15) is 12.5 Å². The third-order valence-electron chi connectivity index (χ3n) is 2.04. The van der Waals surface area contributed by atoms with Crippen molar-refractivity contribution in [1.82, 2.24) is 0 Å². The second-order valence-corrected chi connectivity index (χ2v) is 6.39. The fourth-order valence-electron chi connectivity index (χ4n) is 0.792. The van der Waals surface area contributed by atoms with Gasteiger partial charge in [-0.25, -0.2) is 8.42 Å². The fraction of sp³-hybridized carbons (Fsp3) is 0.455. The second kappa shape index (κ2) is 10.4. The van der Waals surface area contributed by atoms with Crippen molar-refractivity contribution in [1.29, 1.82) is 0 Å². The Balaban J connectivity index is 0. The topological polar surface area (TPSA) is 88.7 Å². The summed E-state index contributed by atoms with van der Waals surface area (Å²) in [5.41, 5.74) is -0.106. The van der Waals surface area contributed by atoms with Crippen molar-refractivity contribution in [3.05, 3.63) is 34.1 Å². The monoisotopic (exact) mass is 351 g/mol. The van der Waals surface area contributed by atoms with Crippen molar-refractivity contribution in [2.45, 2.75) is 24.3 Å². The molecule has 1 aromatic rings. The van der Waals surface area contributed by atoms with Gasteiger partial charge in [0.05, 0.1) is 18.1 Å². The van der Waals surface area contributed by atoms with Crippen LogP contribution in [0, 0.1) is 6.92 Å². The summed E-state index contributed by atoms with van der Waals surface area (Å²) in [6.07, 6.45) is 0. The van der Waals surface area contributed by atoms with Gasteiger partial charge in [0.1, 0.15) is 10.0 Å². The standard InChI is InChI=1S/C7H7ClNO2S.C4H9ClO2.Na/c1-6-2-4-7(5-3-6)12(10,11)9-8;1-4(7,2-5)3-6;/h2-5H,1H3;6-7H,2-3H2,1H3;/q-1;;+1. The van der Waals surface area contributed by atoms with Gasteiger partial charge in [0.25, 0.3) is 0 Å². The van der Waals surface area contributed by atoms with Crippen LogP contribution in [0.15, 0.2) is 29.2 Å². The second-order valence-electron chi connectivity index (χ2n) is 4.15. The molecule has 0 saturated carbocycles. The zero-order chi connectivity index (χ0) is 15.1. The Kier molecular flexibility index (Phi) is 11.9. The van der Waals surface area contributed by atoms with Gasteiger partial charge < -0.3 is 14.5 Å². The minimum atomic E-state index is -3.62. The summed E-state index contributed by atoms with van der Waals surface area (Å²) >= 11 is 10.1. The molecule has 0 aliphatic rings. The molecule has 0 radical (unpaired) electrons. The SMILES string of the molecule is CC(O)(CO)CCl.Cc1ccc(S(=O)(=O)[N-]Cl)cc1.[Na+]. The summed E-state index contributed by atoms with van der Waals surface area (Å²) in [6, 6.07) is 6.32. The van der Waals surface area contributed by atoms with Crippen molar-refractivity contribution in [2.24, 2.45) is 0 Å². The van der Waals surface area contributed by atoms with Crippen LogP contribution >= 0.6 is 23.4 Å². The van der Waals surface area contributed by atoms with Crippen LogP contribution in [0.4, 0.5) is 0 Å². The number of benzene rings is 1. The molecule has 1 aromatic carbocycles. The van der Waals surface area contributed by atoms with E-state index in [4.69, 9.17) is 33.6 Å². The van der Waals surface area contributed by atoms with E-state index in [2.05, 4.69) is 4.24 Å². The Morgan fingerprint density at radius 2 is 1.75 bits per heavy atom. The number of rotatable bonds is 4. The van der Waals surface area contributed by atoms with E-state index < -0.39 is 15.6 Å². The van der Waals surface area contributed by atoms with E-state index >= 15 is 0 Å². The number of halogens is 2. The predicted molar refractivity (Wildman–Crippen MR) is 76.0 cm³/mol. The largest absolute Gasteiger partial charge is 1.00 e. The van der Waals surface area contributed by atoms with E-state index in [1.807, 2.05) is 6.92 Å². The maximum atomic E-state index is 11.0. The molecule has 0 aliphatic heterocycles. The molecule has 0 bridgehead atoms. The molecule has 1 atom stereocenters. The quantitative estimate of drug-likeness (QED) is 0.548. The van der Waals surface area contributed by atoms with Crippen molar-refractivity contribution in [3.63, 3.8) is 0 Å². The number of hydrogen-bond acceptors (Lipinski definition) is 4. The minimum Gasteiger partial charge on any atom is -0.458 e. The van der Waals surface area contributed by atoms with Crippen molar-refractivity contribution < 1.29 is 48.2 Å². The summed E-state index contributed by atoms with van der Waals surface area (Å²) in [6.45, 7) is 3.06. The Morgan fingerprint density at radius 3 is 2.00 bits per heavy atom. The van der Waals surface area contributed by atoms with Gasteiger partial charge in [-0.2, -0.15) is 0 Å². The number of aryl methyl sites for hydroxylation is 1. The number of hydrogen-bond donors (Lipinski definition) is 2. The Morgan fingerprint density at radius 1 is 1.30 bits per heavy atom. The summed E-state index contributed by atoms with van der Waals surface area (Å²) in [7, 11) is -3.62. The molecular weight excluding hydrogens is 336 g/mol. The average molecular weight is 352 g/mol. The van der Waals surface area contributed by atoms with Gasteiger partial charge >= 0.3 is 29.6 Å². The molecule has 5 nitrogen and oxygen atoms in total. The van der Waals surface area contributed by atoms with Gasteiger partial charge in [-0.15, -0.1) is 11.6 Å². The summed E-state index contributed by atoms with van der Waals surface area (Å²) < 4.78 is 24.8. The summed E-state index contributed by atoms with van der Waals surface area (Å²) in [5, 5.41) is 17.0. The molecule has 1 unspecified atom stereocenters. The normalized spacial score (nSPS) is 13.5. The third-order valence-corrected chi connectivity index (χ3v) is 4.21. The third kappa shape index (κ3) is 8.81. The van der Waals surface area contributed by atoms with Gasteiger partial charge in [0.15, 0.2) is 0 Å². The fourth-order valence-corrected chi connectivity index (χ4v) is 1.68. The molecule has 110 valence electrons. The Hall–Kier alpha value is 0.630. The van der Waals surface area contributed by atoms with Crippen LogP contribution in [0.3, 0.4) is 0 Å². The molecule has 0 aromatic heterocycles. The van der Waals surface area contributed by atoms with Gasteiger partial charge in [-0.05, 0) is 26.0 Å². The first-order chi connectivity index (χ1) is 8.68. The van der Waals surface area contributed by atoms with Crippen molar-refractivity contribution in [3.8, 4) is 0 Å². The molecule has 0 aliphatic carbocycles. The zero-order valence-electron chi connectivity index (χ0n) is 11.5. The van der Waals surface area contributed by atoms with E-state index in [1.165, 1.54) is 19.1 Å². The minimum absolute atomic E-state index is 0.